The van der Waals surface area contributed by atoms with Gasteiger partial charge in [0.05, 0.1) is 6.61 Å². The number of nitrogens with zero attached hydrogens (tertiary/aromatic N) is 4. The zero-order valence-electron chi connectivity index (χ0n) is 11.6. The molecule has 114 valence electrons. The molecule has 3 rings (SSSR count). The Morgan fingerprint density at radius 1 is 1.19 bits per heavy atom. The van der Waals surface area contributed by atoms with E-state index in [9.17, 15) is 15.3 Å². The maximum absolute atomic E-state index is 10.1. The summed E-state index contributed by atoms with van der Waals surface area (Å²) in [6.07, 6.45) is -4.13. The third-order valence-corrected chi connectivity index (χ3v) is 3.63. The summed E-state index contributed by atoms with van der Waals surface area (Å²) < 4.78 is 7.08. The highest BCUT2D eigenvalue weighted by molar-refractivity contribution is 5.82. The van der Waals surface area contributed by atoms with Crippen LogP contribution in [0.15, 0.2) is 0 Å². The number of imidazole rings is 1. The molecular formula is C12H17N5O4. The second-order valence-corrected chi connectivity index (χ2v) is 5.09. The molecule has 0 spiro atoms. The van der Waals surface area contributed by atoms with Gasteiger partial charge in [0.1, 0.15) is 30.0 Å². The van der Waals surface area contributed by atoms with E-state index in [1.54, 1.807) is 18.4 Å². The molecule has 9 heteroatoms. The molecule has 2 aromatic heterocycles. The lowest BCUT2D eigenvalue weighted by atomic mass is 10.1. The molecule has 1 fully saturated rings. The van der Waals surface area contributed by atoms with Crippen molar-refractivity contribution >= 4 is 17.0 Å². The van der Waals surface area contributed by atoms with Crippen LogP contribution in [0.25, 0.3) is 11.2 Å². The fourth-order valence-electron chi connectivity index (χ4n) is 2.62. The molecule has 0 bridgehead atoms. The monoisotopic (exact) mass is 295 g/mol. The maximum atomic E-state index is 10.1. The SMILES string of the molecule is Cc1nc(N)c2nc(C)n(C3OC(CO)C(O)C3O)c2n1. The van der Waals surface area contributed by atoms with Gasteiger partial charge in [-0.05, 0) is 13.8 Å². The number of aliphatic hydroxyl groups is 3. The lowest BCUT2D eigenvalue weighted by molar-refractivity contribution is -0.0519. The Balaban J connectivity index is 2.15. The van der Waals surface area contributed by atoms with E-state index in [-0.39, 0.29) is 5.82 Å². The fraction of sp³-hybridized carbons (Fsp3) is 0.583. The van der Waals surface area contributed by atoms with Gasteiger partial charge in [0, 0.05) is 0 Å². The molecule has 1 aliphatic rings. The Labute approximate surface area is 120 Å². The molecule has 1 aliphatic heterocycles. The Bertz CT molecular complexity index is 688. The van der Waals surface area contributed by atoms with Gasteiger partial charge in [-0.2, -0.15) is 0 Å². The highest BCUT2D eigenvalue weighted by atomic mass is 16.6. The van der Waals surface area contributed by atoms with Crippen LogP contribution in [0.2, 0.25) is 0 Å². The molecule has 4 unspecified atom stereocenters. The number of rotatable bonds is 2. The first kappa shape index (κ1) is 14.1. The molecule has 5 N–H and O–H groups in total. The molecule has 0 aliphatic carbocycles. The van der Waals surface area contributed by atoms with Crippen LogP contribution in [0, 0.1) is 13.8 Å². The Morgan fingerprint density at radius 2 is 1.90 bits per heavy atom. The van der Waals surface area contributed by atoms with Gasteiger partial charge in [-0.3, -0.25) is 4.57 Å². The van der Waals surface area contributed by atoms with Crippen LogP contribution in [-0.4, -0.2) is 59.8 Å². The van der Waals surface area contributed by atoms with Crippen molar-refractivity contribution in [2.24, 2.45) is 0 Å². The summed E-state index contributed by atoms with van der Waals surface area (Å²) in [5, 5.41) is 29.2. The number of hydrogen-bond donors (Lipinski definition) is 4. The van der Waals surface area contributed by atoms with Crippen molar-refractivity contribution in [3.63, 3.8) is 0 Å². The van der Waals surface area contributed by atoms with E-state index in [1.165, 1.54) is 0 Å². The third-order valence-electron chi connectivity index (χ3n) is 3.63. The number of anilines is 1. The summed E-state index contributed by atoms with van der Waals surface area (Å²) in [4.78, 5) is 12.6. The minimum absolute atomic E-state index is 0.242. The van der Waals surface area contributed by atoms with E-state index < -0.39 is 31.1 Å². The van der Waals surface area contributed by atoms with E-state index in [0.717, 1.165) is 0 Å². The Kier molecular flexibility index (Phi) is 3.29. The molecule has 0 aromatic carbocycles. The van der Waals surface area contributed by atoms with Gasteiger partial charge in [0.2, 0.25) is 0 Å². The summed E-state index contributed by atoms with van der Waals surface area (Å²) in [7, 11) is 0. The number of aliphatic hydroxyl groups excluding tert-OH is 3. The van der Waals surface area contributed by atoms with E-state index in [1.807, 2.05) is 0 Å². The number of aryl methyl sites for hydroxylation is 2. The first-order valence-electron chi connectivity index (χ1n) is 6.55. The summed E-state index contributed by atoms with van der Waals surface area (Å²) in [6.45, 7) is 3.02. The first-order valence-corrected chi connectivity index (χ1v) is 6.55. The molecule has 3 heterocycles. The van der Waals surface area contributed by atoms with Gasteiger partial charge < -0.3 is 25.8 Å². The van der Waals surface area contributed by atoms with Gasteiger partial charge in [-0.15, -0.1) is 0 Å². The minimum atomic E-state index is -1.20. The summed E-state index contributed by atoms with van der Waals surface area (Å²) in [6, 6.07) is 0. The van der Waals surface area contributed by atoms with Crippen LogP contribution in [-0.2, 0) is 4.74 Å². The lowest BCUT2D eigenvalue weighted by Gasteiger charge is -2.18. The zero-order chi connectivity index (χ0) is 15.3. The van der Waals surface area contributed by atoms with Crippen LogP contribution in [0.1, 0.15) is 17.9 Å². The van der Waals surface area contributed by atoms with Gasteiger partial charge in [-0.1, -0.05) is 0 Å². The van der Waals surface area contributed by atoms with Gasteiger partial charge in [-0.25, -0.2) is 15.0 Å². The largest absolute Gasteiger partial charge is 0.394 e. The molecule has 0 radical (unpaired) electrons. The first-order chi connectivity index (χ1) is 9.93. The molecule has 9 nitrogen and oxygen atoms in total. The number of nitrogen functional groups attached to an aromatic ring is 1. The number of ether oxygens (including phenoxy) is 1. The van der Waals surface area contributed by atoms with Crippen LogP contribution < -0.4 is 5.73 Å². The third kappa shape index (κ3) is 2.05. The smallest absolute Gasteiger partial charge is 0.168 e. The van der Waals surface area contributed by atoms with Gasteiger partial charge in [0.15, 0.2) is 23.2 Å². The summed E-state index contributed by atoms with van der Waals surface area (Å²) >= 11 is 0. The summed E-state index contributed by atoms with van der Waals surface area (Å²) in [5.41, 5.74) is 6.67. The molecule has 2 aromatic rings. The fourth-order valence-corrected chi connectivity index (χ4v) is 2.62. The van der Waals surface area contributed by atoms with Crippen molar-refractivity contribution in [3.8, 4) is 0 Å². The van der Waals surface area contributed by atoms with E-state index in [0.29, 0.717) is 22.8 Å². The highest BCUT2D eigenvalue weighted by Gasteiger charge is 2.44. The van der Waals surface area contributed by atoms with Crippen LogP contribution in [0.4, 0.5) is 5.82 Å². The second kappa shape index (κ2) is 4.88. The van der Waals surface area contributed by atoms with Gasteiger partial charge >= 0.3 is 0 Å². The average Bonchev–Trinajstić information content (AvgIpc) is 2.89. The second-order valence-electron chi connectivity index (χ2n) is 5.09. The molecular weight excluding hydrogens is 278 g/mol. The molecule has 4 atom stereocenters. The van der Waals surface area contributed by atoms with Crippen molar-refractivity contribution in [2.45, 2.75) is 38.4 Å². The lowest BCUT2D eigenvalue weighted by Crippen LogP contribution is -2.33. The van der Waals surface area contributed by atoms with E-state index in [2.05, 4.69) is 15.0 Å². The standard InChI is InChI=1S/C12H17N5O4/c1-4-14-10(13)7-11(15-4)17(5(2)16-7)12-9(20)8(19)6(3-18)21-12/h6,8-9,12,18-20H,3H2,1-2H3,(H2,13,14,15). The number of nitrogens with two attached hydrogens (primary N) is 1. The molecule has 1 saturated heterocycles. The molecule has 21 heavy (non-hydrogen) atoms. The van der Waals surface area contributed by atoms with E-state index in [4.69, 9.17) is 10.5 Å². The molecule has 0 amide bonds. The van der Waals surface area contributed by atoms with Crippen molar-refractivity contribution in [2.75, 3.05) is 12.3 Å². The predicted octanol–water partition coefficient (Wildman–Crippen LogP) is -1.36. The minimum Gasteiger partial charge on any atom is -0.394 e. The topological polar surface area (TPSA) is 140 Å². The van der Waals surface area contributed by atoms with Crippen LogP contribution in [0.5, 0.6) is 0 Å². The van der Waals surface area contributed by atoms with Crippen molar-refractivity contribution in [1.29, 1.82) is 0 Å². The molecule has 0 saturated carbocycles. The van der Waals surface area contributed by atoms with Crippen molar-refractivity contribution in [1.82, 2.24) is 19.5 Å². The van der Waals surface area contributed by atoms with Gasteiger partial charge in [0.25, 0.3) is 0 Å². The number of hydrogen-bond acceptors (Lipinski definition) is 8. The number of fused-ring (bicyclic) bond motifs is 1. The van der Waals surface area contributed by atoms with Crippen molar-refractivity contribution < 1.29 is 20.1 Å². The normalized spacial score (nSPS) is 29.4. The Hall–Kier alpha value is -1.81. The van der Waals surface area contributed by atoms with Crippen LogP contribution in [0.3, 0.4) is 0 Å². The highest BCUT2D eigenvalue weighted by Crippen LogP contribution is 2.33. The summed E-state index contributed by atoms with van der Waals surface area (Å²) in [5.74, 6) is 1.23. The van der Waals surface area contributed by atoms with Crippen LogP contribution >= 0.6 is 0 Å². The quantitative estimate of drug-likeness (QED) is 0.532. The zero-order valence-corrected chi connectivity index (χ0v) is 11.6. The number of aromatic nitrogens is 4. The van der Waals surface area contributed by atoms with Crippen molar-refractivity contribution in [3.05, 3.63) is 11.6 Å². The Morgan fingerprint density at radius 3 is 2.52 bits per heavy atom. The average molecular weight is 295 g/mol. The van der Waals surface area contributed by atoms with E-state index >= 15 is 0 Å². The predicted molar refractivity (Wildman–Crippen MR) is 72.2 cm³/mol. The maximum Gasteiger partial charge on any atom is 0.168 e.